The average molecular weight is 266 g/mol. The number of rotatable bonds is 4. The molecule has 0 aromatic rings. The summed E-state index contributed by atoms with van der Waals surface area (Å²) in [5, 5.41) is 3.83. The van der Waals surface area contributed by atoms with E-state index in [-0.39, 0.29) is 0 Å². The monoisotopic (exact) mass is 266 g/mol. The first kappa shape index (κ1) is 13.8. The second-order valence-corrected chi connectivity index (χ2v) is 6.79. The molecule has 1 aliphatic carbocycles. The molecule has 3 heteroatoms. The van der Waals surface area contributed by atoms with Crippen LogP contribution >= 0.6 is 0 Å². The van der Waals surface area contributed by atoms with Gasteiger partial charge in [0.15, 0.2) is 0 Å². The summed E-state index contributed by atoms with van der Waals surface area (Å²) in [5.74, 6) is 0. The highest BCUT2D eigenvalue weighted by Gasteiger charge is 2.40. The molecule has 2 heterocycles. The summed E-state index contributed by atoms with van der Waals surface area (Å²) >= 11 is 0. The zero-order chi connectivity index (χ0) is 13.1. The van der Waals surface area contributed by atoms with Crippen LogP contribution in [-0.4, -0.2) is 48.8 Å². The van der Waals surface area contributed by atoms with Gasteiger partial charge in [-0.3, -0.25) is 4.90 Å². The molecule has 3 fully saturated rings. The van der Waals surface area contributed by atoms with Gasteiger partial charge in [0, 0.05) is 24.7 Å². The minimum absolute atomic E-state index is 0.411. The number of fused-ring (bicyclic) bond motifs is 1. The van der Waals surface area contributed by atoms with Gasteiger partial charge in [-0.15, -0.1) is 0 Å². The van der Waals surface area contributed by atoms with Crippen LogP contribution in [-0.2, 0) is 4.74 Å². The van der Waals surface area contributed by atoms with E-state index in [0.29, 0.717) is 17.7 Å². The lowest BCUT2D eigenvalue weighted by atomic mass is 9.86. The Balaban J connectivity index is 1.66. The Kier molecular flexibility index (Phi) is 4.45. The van der Waals surface area contributed by atoms with Gasteiger partial charge >= 0.3 is 0 Å². The molecule has 3 rings (SSSR count). The first-order valence-corrected chi connectivity index (χ1v) is 8.44. The Morgan fingerprint density at radius 3 is 2.95 bits per heavy atom. The van der Waals surface area contributed by atoms with E-state index in [4.69, 9.17) is 4.74 Å². The molecular formula is C16H30N2O. The number of nitrogens with one attached hydrogen (secondary N) is 1. The Morgan fingerprint density at radius 1 is 1.26 bits per heavy atom. The van der Waals surface area contributed by atoms with Crippen LogP contribution in [0, 0.1) is 0 Å². The molecule has 19 heavy (non-hydrogen) atoms. The zero-order valence-corrected chi connectivity index (χ0v) is 12.5. The van der Waals surface area contributed by atoms with Crippen molar-refractivity contribution < 1.29 is 4.74 Å². The number of morpholine rings is 1. The Morgan fingerprint density at radius 2 is 2.16 bits per heavy atom. The third-order valence-corrected chi connectivity index (χ3v) is 5.41. The normalized spacial score (nSPS) is 40.3. The smallest absolute Gasteiger partial charge is 0.0730 e. The topological polar surface area (TPSA) is 24.5 Å². The van der Waals surface area contributed by atoms with Crippen molar-refractivity contribution in [3.8, 4) is 0 Å². The fourth-order valence-corrected chi connectivity index (χ4v) is 4.54. The van der Waals surface area contributed by atoms with Crippen LogP contribution in [0.25, 0.3) is 0 Å². The third-order valence-electron chi connectivity index (χ3n) is 5.41. The van der Waals surface area contributed by atoms with Gasteiger partial charge in [0.25, 0.3) is 0 Å². The van der Waals surface area contributed by atoms with E-state index in [1.54, 1.807) is 0 Å². The van der Waals surface area contributed by atoms with E-state index in [1.807, 2.05) is 0 Å². The largest absolute Gasteiger partial charge is 0.375 e. The first-order valence-electron chi connectivity index (χ1n) is 8.44. The van der Waals surface area contributed by atoms with Crippen molar-refractivity contribution in [3.05, 3.63) is 0 Å². The maximum Gasteiger partial charge on any atom is 0.0730 e. The van der Waals surface area contributed by atoms with Gasteiger partial charge in [-0.25, -0.2) is 0 Å². The molecule has 0 spiro atoms. The van der Waals surface area contributed by atoms with E-state index < -0.39 is 0 Å². The summed E-state index contributed by atoms with van der Waals surface area (Å²) in [6.45, 7) is 6.89. The molecular weight excluding hydrogens is 236 g/mol. The summed E-state index contributed by atoms with van der Waals surface area (Å²) in [7, 11) is 0. The number of hydrogen-bond donors (Lipinski definition) is 1. The molecule has 3 unspecified atom stereocenters. The SMILES string of the molecule is CCCC1(CN2CCOC3CCCCC32)CCCN1. The van der Waals surface area contributed by atoms with Gasteiger partial charge in [-0.05, 0) is 38.6 Å². The van der Waals surface area contributed by atoms with Crippen molar-refractivity contribution in [2.45, 2.75) is 76.0 Å². The highest BCUT2D eigenvalue weighted by atomic mass is 16.5. The fraction of sp³-hybridized carbons (Fsp3) is 1.00. The van der Waals surface area contributed by atoms with Gasteiger partial charge in [0.2, 0.25) is 0 Å². The van der Waals surface area contributed by atoms with E-state index in [9.17, 15) is 0 Å². The van der Waals surface area contributed by atoms with E-state index >= 15 is 0 Å². The van der Waals surface area contributed by atoms with E-state index in [1.165, 1.54) is 64.5 Å². The Hall–Kier alpha value is -0.120. The molecule has 3 nitrogen and oxygen atoms in total. The lowest BCUT2D eigenvalue weighted by molar-refractivity contribution is -0.0947. The second-order valence-electron chi connectivity index (χ2n) is 6.79. The number of hydrogen-bond acceptors (Lipinski definition) is 3. The van der Waals surface area contributed by atoms with Gasteiger partial charge in [0.1, 0.15) is 0 Å². The van der Waals surface area contributed by atoms with Crippen LogP contribution in [0.1, 0.15) is 58.3 Å². The maximum atomic E-state index is 6.01. The summed E-state index contributed by atoms with van der Waals surface area (Å²) in [4.78, 5) is 2.77. The highest BCUT2D eigenvalue weighted by Crippen LogP contribution is 2.32. The summed E-state index contributed by atoms with van der Waals surface area (Å²) in [5.41, 5.74) is 0.411. The van der Waals surface area contributed by atoms with Crippen LogP contribution in [0.3, 0.4) is 0 Å². The molecule has 3 atom stereocenters. The summed E-state index contributed by atoms with van der Waals surface area (Å²) < 4.78 is 6.01. The first-order chi connectivity index (χ1) is 9.33. The molecule has 0 aromatic heterocycles. The molecule has 2 aliphatic heterocycles. The minimum Gasteiger partial charge on any atom is -0.375 e. The molecule has 0 radical (unpaired) electrons. The van der Waals surface area contributed by atoms with Gasteiger partial charge in [-0.1, -0.05) is 26.2 Å². The lowest BCUT2D eigenvalue weighted by Gasteiger charge is -2.47. The minimum atomic E-state index is 0.411. The van der Waals surface area contributed by atoms with Gasteiger partial charge < -0.3 is 10.1 Å². The second kappa shape index (κ2) is 6.11. The summed E-state index contributed by atoms with van der Waals surface area (Å²) in [6.07, 6.45) is 11.3. The molecule has 0 amide bonds. The van der Waals surface area contributed by atoms with Crippen LogP contribution in [0.15, 0.2) is 0 Å². The predicted octanol–water partition coefficient (Wildman–Crippen LogP) is 2.55. The lowest BCUT2D eigenvalue weighted by Crippen LogP contribution is -2.59. The maximum absolute atomic E-state index is 6.01. The molecule has 0 aromatic carbocycles. The van der Waals surface area contributed by atoms with E-state index in [0.717, 1.165) is 13.2 Å². The van der Waals surface area contributed by atoms with Crippen LogP contribution in [0.5, 0.6) is 0 Å². The molecule has 2 saturated heterocycles. The number of ether oxygens (including phenoxy) is 1. The number of nitrogens with zero attached hydrogens (tertiary/aromatic N) is 1. The molecule has 110 valence electrons. The zero-order valence-electron chi connectivity index (χ0n) is 12.5. The van der Waals surface area contributed by atoms with Crippen LogP contribution in [0.2, 0.25) is 0 Å². The Labute approximate surface area is 118 Å². The Bertz CT molecular complexity index is 286. The van der Waals surface area contributed by atoms with Crippen molar-refractivity contribution >= 4 is 0 Å². The van der Waals surface area contributed by atoms with E-state index in [2.05, 4.69) is 17.1 Å². The standard InChI is InChI=1S/C16H30N2O/c1-2-8-16(9-5-10-17-16)13-18-11-12-19-15-7-4-3-6-14(15)18/h14-15,17H,2-13H2,1H3. The molecule has 0 bridgehead atoms. The summed E-state index contributed by atoms with van der Waals surface area (Å²) in [6, 6.07) is 0.707. The molecule has 1 N–H and O–H groups in total. The van der Waals surface area contributed by atoms with Crippen LogP contribution < -0.4 is 5.32 Å². The highest BCUT2D eigenvalue weighted by molar-refractivity contribution is 4.98. The van der Waals surface area contributed by atoms with Gasteiger partial charge in [0.05, 0.1) is 12.7 Å². The quantitative estimate of drug-likeness (QED) is 0.846. The van der Waals surface area contributed by atoms with Crippen LogP contribution in [0.4, 0.5) is 0 Å². The van der Waals surface area contributed by atoms with Gasteiger partial charge in [-0.2, -0.15) is 0 Å². The molecule has 1 saturated carbocycles. The fourth-order valence-electron chi connectivity index (χ4n) is 4.54. The van der Waals surface area contributed by atoms with Crippen molar-refractivity contribution in [3.63, 3.8) is 0 Å². The van der Waals surface area contributed by atoms with Crippen molar-refractivity contribution in [1.29, 1.82) is 0 Å². The molecule has 3 aliphatic rings. The average Bonchev–Trinajstić information content (AvgIpc) is 2.88. The van der Waals surface area contributed by atoms with Crippen molar-refractivity contribution in [2.75, 3.05) is 26.2 Å². The third kappa shape index (κ3) is 2.98. The predicted molar refractivity (Wildman–Crippen MR) is 78.4 cm³/mol. The van der Waals surface area contributed by atoms with Crippen molar-refractivity contribution in [2.24, 2.45) is 0 Å². The van der Waals surface area contributed by atoms with Crippen molar-refractivity contribution in [1.82, 2.24) is 10.2 Å².